The molecule has 1 N–H and O–H groups in total. The van der Waals surface area contributed by atoms with Gasteiger partial charge < -0.3 is 5.32 Å². The third-order valence-electron chi connectivity index (χ3n) is 10.7. The zero-order chi connectivity index (χ0) is 42.6. The molecule has 0 atom stereocenters. The second-order valence-electron chi connectivity index (χ2n) is 16.0. The van der Waals surface area contributed by atoms with Crippen LogP contribution in [0.3, 0.4) is 0 Å². The van der Waals surface area contributed by atoms with Crippen LogP contribution in [0.1, 0.15) is 51.0 Å². The lowest BCUT2D eigenvalue weighted by Crippen LogP contribution is -2.38. The van der Waals surface area contributed by atoms with Crippen molar-refractivity contribution in [2.45, 2.75) is 70.4 Å². The van der Waals surface area contributed by atoms with E-state index in [0.29, 0.717) is 39.3 Å². The number of hydrogen-bond donors (Lipinski definition) is 1. The zero-order valence-corrected chi connectivity index (χ0v) is 34.7. The Morgan fingerprint density at radius 1 is 0.607 bits per heavy atom. The van der Waals surface area contributed by atoms with Gasteiger partial charge in [0.25, 0.3) is 11.8 Å². The minimum atomic E-state index is -2.84. The lowest BCUT2D eigenvalue weighted by Gasteiger charge is -2.22. The number of halogens is 5. The van der Waals surface area contributed by atoms with Gasteiger partial charge in [-0.3, -0.25) is 29.1 Å². The molecule has 0 amide bonds. The first-order chi connectivity index (χ1) is 29.3. The molecule has 7 aromatic heterocycles. The molecule has 318 valence electrons. The fraction of sp³-hybridized carbons (Fsp3) is 0.395. The van der Waals surface area contributed by atoms with E-state index in [9.17, 15) is 17.6 Å². The third-order valence-corrected chi connectivity index (χ3v) is 10.9. The van der Waals surface area contributed by atoms with Gasteiger partial charge in [0.2, 0.25) is 0 Å². The van der Waals surface area contributed by atoms with Crippen molar-refractivity contribution in [2.75, 3.05) is 44.6 Å². The van der Waals surface area contributed by atoms with Gasteiger partial charge in [-0.05, 0) is 106 Å². The zero-order valence-electron chi connectivity index (χ0n) is 33.9. The molecule has 0 spiro atoms. The summed E-state index contributed by atoms with van der Waals surface area (Å²) in [4.78, 5) is 21.4. The molecular weight excluding hydrogens is 810 g/mol. The topological polar surface area (TPSA) is 131 Å². The van der Waals surface area contributed by atoms with E-state index in [1.165, 1.54) is 9.36 Å². The predicted molar refractivity (Wildman–Crippen MR) is 227 cm³/mol. The lowest BCUT2D eigenvalue weighted by atomic mass is 10.1. The molecule has 9 heterocycles. The van der Waals surface area contributed by atoms with Crippen molar-refractivity contribution in [2.24, 2.45) is 0 Å². The van der Waals surface area contributed by atoms with Crippen LogP contribution >= 0.6 is 11.6 Å². The van der Waals surface area contributed by atoms with Gasteiger partial charge in [-0.1, -0.05) is 25.4 Å². The summed E-state index contributed by atoms with van der Waals surface area (Å²) in [6, 6.07) is 12.8. The van der Waals surface area contributed by atoms with E-state index in [2.05, 4.69) is 59.5 Å². The minimum Gasteiger partial charge on any atom is -0.323 e. The normalized spacial score (nSPS) is 15.2. The largest absolute Gasteiger partial charge is 0.323 e. The van der Waals surface area contributed by atoms with Crippen LogP contribution in [0.15, 0.2) is 85.8 Å². The summed E-state index contributed by atoms with van der Waals surface area (Å²) in [5.74, 6) is -4.09. The summed E-state index contributed by atoms with van der Waals surface area (Å²) in [6.07, 6.45) is 15.5. The number of nitrogens with zero attached hydrogens (tertiary/aromatic N) is 12. The first-order valence-corrected chi connectivity index (χ1v) is 20.8. The standard InChI is InChI=1S/C25H28F2N8.C18H18ClF2N5/c1-17(2)18-10-24(33-29-12-18)32-23-6-5-21-22(31-23)9-19(11-28-21)20-13-30-35(14-20)16-25(26,27)15-34-7-3-4-8-34;19-17-4-3-15-16(24-17)7-13(8-22-15)14-9-23-26(10-14)12-18(20,21)11-25-5-1-2-6-25/h5-6,9-14,17H,3-4,7-8,15-16H2,1-2H3,(H,31,32,33);3-4,7-10H,1-2,5-6,11-12H2. The average molecular weight is 856 g/mol. The SMILES string of the molecule is CC(C)c1cnnc(Nc2ccc3ncc(-c4cnn(CC(F)(F)CN5CCCC5)c4)cc3n2)c1.FC(F)(CN1CCCC1)Cn1cc(-c2cnc3ccc(Cl)nc3c2)cn1. The summed E-state index contributed by atoms with van der Waals surface area (Å²) in [6.45, 7) is 5.83. The molecule has 13 nitrogen and oxygen atoms in total. The lowest BCUT2D eigenvalue weighted by molar-refractivity contribution is -0.0448. The van der Waals surface area contributed by atoms with Crippen LogP contribution in [0.2, 0.25) is 5.15 Å². The molecule has 0 unspecified atom stereocenters. The molecule has 2 aliphatic rings. The number of pyridine rings is 4. The van der Waals surface area contributed by atoms with E-state index in [1.807, 2.05) is 40.1 Å². The Hall–Kier alpha value is -5.65. The van der Waals surface area contributed by atoms with Crippen LogP contribution in [0, 0.1) is 0 Å². The highest BCUT2D eigenvalue weighted by Crippen LogP contribution is 2.28. The van der Waals surface area contributed by atoms with Crippen molar-refractivity contribution >= 4 is 45.3 Å². The molecule has 2 aliphatic heterocycles. The molecule has 0 aliphatic carbocycles. The van der Waals surface area contributed by atoms with E-state index in [0.717, 1.165) is 85.1 Å². The molecule has 2 saturated heterocycles. The van der Waals surface area contributed by atoms with Crippen LogP contribution < -0.4 is 5.32 Å². The summed E-state index contributed by atoms with van der Waals surface area (Å²) in [5, 5.41) is 20.0. The number of aromatic nitrogens is 10. The van der Waals surface area contributed by atoms with Crippen molar-refractivity contribution in [3.05, 3.63) is 96.6 Å². The van der Waals surface area contributed by atoms with Crippen molar-refractivity contribution in [3.8, 4) is 22.3 Å². The molecule has 61 heavy (non-hydrogen) atoms. The molecule has 0 saturated carbocycles. The molecule has 0 bridgehead atoms. The second-order valence-corrected chi connectivity index (χ2v) is 16.4. The highest BCUT2D eigenvalue weighted by atomic mass is 35.5. The number of hydrogen-bond acceptors (Lipinski definition) is 11. The van der Waals surface area contributed by atoms with Crippen LogP contribution in [0.4, 0.5) is 29.2 Å². The first-order valence-electron chi connectivity index (χ1n) is 20.4. The summed E-state index contributed by atoms with van der Waals surface area (Å²) >= 11 is 5.92. The van der Waals surface area contributed by atoms with Gasteiger partial charge in [0.15, 0.2) is 5.82 Å². The van der Waals surface area contributed by atoms with Gasteiger partial charge in [-0.25, -0.2) is 27.5 Å². The quantitative estimate of drug-likeness (QED) is 0.0883. The number of anilines is 2. The maximum atomic E-state index is 14.5. The van der Waals surface area contributed by atoms with Crippen LogP contribution in [-0.2, 0) is 13.1 Å². The van der Waals surface area contributed by atoms with E-state index in [1.54, 1.807) is 55.5 Å². The molecule has 2 fully saturated rings. The average Bonchev–Trinajstić information content (AvgIpc) is 4.08. The second kappa shape index (κ2) is 18.1. The van der Waals surface area contributed by atoms with Crippen molar-refractivity contribution in [3.63, 3.8) is 0 Å². The van der Waals surface area contributed by atoms with E-state index >= 15 is 0 Å². The molecule has 0 aromatic carbocycles. The molecular formula is C43H46ClF4N13. The number of alkyl halides is 4. The first kappa shape index (κ1) is 42.1. The van der Waals surface area contributed by atoms with Crippen LogP contribution in [-0.4, -0.2) is 111 Å². The van der Waals surface area contributed by atoms with Crippen LogP contribution in [0.25, 0.3) is 44.3 Å². The van der Waals surface area contributed by atoms with Crippen molar-refractivity contribution < 1.29 is 17.6 Å². The Bertz CT molecular complexity index is 2590. The monoisotopic (exact) mass is 855 g/mol. The van der Waals surface area contributed by atoms with Crippen molar-refractivity contribution in [1.29, 1.82) is 0 Å². The smallest absolute Gasteiger partial charge is 0.279 e. The van der Waals surface area contributed by atoms with E-state index in [4.69, 9.17) is 11.6 Å². The van der Waals surface area contributed by atoms with Gasteiger partial charge in [0, 0.05) is 47.0 Å². The third kappa shape index (κ3) is 11.0. The van der Waals surface area contributed by atoms with E-state index < -0.39 is 24.9 Å². The number of fused-ring (bicyclic) bond motifs is 2. The molecule has 18 heteroatoms. The predicted octanol–water partition coefficient (Wildman–Crippen LogP) is 8.76. The Morgan fingerprint density at radius 2 is 1.13 bits per heavy atom. The van der Waals surface area contributed by atoms with Gasteiger partial charge in [-0.2, -0.15) is 15.3 Å². The fourth-order valence-corrected chi connectivity index (χ4v) is 7.73. The Labute approximate surface area is 355 Å². The number of likely N-dealkylation sites (tertiary alicyclic amines) is 2. The highest BCUT2D eigenvalue weighted by Gasteiger charge is 2.35. The maximum Gasteiger partial charge on any atom is 0.279 e. The molecule has 0 radical (unpaired) electrons. The van der Waals surface area contributed by atoms with Gasteiger partial charge in [0.05, 0.1) is 53.7 Å². The van der Waals surface area contributed by atoms with Gasteiger partial charge in [0.1, 0.15) is 24.1 Å². The Balaban J connectivity index is 0.000000176. The van der Waals surface area contributed by atoms with E-state index in [-0.39, 0.29) is 13.1 Å². The molecule has 9 rings (SSSR count). The summed E-state index contributed by atoms with van der Waals surface area (Å²) in [7, 11) is 0. The Kier molecular flexibility index (Phi) is 12.5. The molecule has 7 aromatic rings. The van der Waals surface area contributed by atoms with Crippen LogP contribution in [0.5, 0.6) is 0 Å². The Morgan fingerprint density at radius 3 is 1.67 bits per heavy atom. The summed E-state index contributed by atoms with van der Waals surface area (Å²) < 4.78 is 60.2. The highest BCUT2D eigenvalue weighted by molar-refractivity contribution is 6.29. The van der Waals surface area contributed by atoms with Gasteiger partial charge >= 0.3 is 0 Å². The number of nitrogens with one attached hydrogen (secondary N) is 1. The fourth-order valence-electron chi connectivity index (χ4n) is 7.57. The number of rotatable bonds is 13. The minimum absolute atomic E-state index is 0.220. The van der Waals surface area contributed by atoms with Crippen molar-refractivity contribution in [1.82, 2.24) is 59.5 Å². The summed E-state index contributed by atoms with van der Waals surface area (Å²) in [5.41, 5.74) is 6.82. The van der Waals surface area contributed by atoms with Gasteiger partial charge in [-0.15, -0.1) is 5.10 Å². The maximum absolute atomic E-state index is 14.5.